The van der Waals surface area contributed by atoms with Crippen molar-refractivity contribution in [2.45, 2.75) is 53.0 Å². The molecule has 0 saturated carbocycles. The normalized spacial score (nSPS) is 11.4. The van der Waals surface area contributed by atoms with Crippen LogP contribution in [0, 0.1) is 27.7 Å². The molecular formula is C21H29N3O5S. The van der Waals surface area contributed by atoms with Gasteiger partial charge in [0.1, 0.15) is 10.5 Å². The van der Waals surface area contributed by atoms with Gasteiger partial charge in [0, 0.05) is 23.6 Å². The molecule has 0 unspecified atom stereocenters. The van der Waals surface area contributed by atoms with Gasteiger partial charge in [-0.25, -0.2) is 17.9 Å². The van der Waals surface area contributed by atoms with Gasteiger partial charge in [-0.15, -0.1) is 0 Å². The lowest BCUT2D eigenvalue weighted by Gasteiger charge is -2.11. The number of hydrogen-bond acceptors (Lipinski definition) is 5. The predicted molar refractivity (Wildman–Crippen MR) is 115 cm³/mol. The molecule has 0 aliphatic carbocycles. The van der Waals surface area contributed by atoms with E-state index in [1.165, 1.54) is 0 Å². The number of ether oxygens (including phenoxy) is 1. The summed E-state index contributed by atoms with van der Waals surface area (Å²) in [7, 11) is -4.13. The first-order valence-corrected chi connectivity index (χ1v) is 11.2. The summed E-state index contributed by atoms with van der Waals surface area (Å²) >= 11 is 0. The van der Waals surface area contributed by atoms with E-state index in [-0.39, 0.29) is 17.1 Å². The van der Waals surface area contributed by atoms with Crippen LogP contribution in [-0.2, 0) is 26.1 Å². The highest BCUT2D eigenvalue weighted by atomic mass is 32.2. The first-order chi connectivity index (χ1) is 14.0. The van der Waals surface area contributed by atoms with Gasteiger partial charge in [0.15, 0.2) is 0 Å². The summed E-state index contributed by atoms with van der Waals surface area (Å²) < 4.78 is 35.1. The molecule has 164 valence electrons. The molecular weight excluding hydrogens is 406 g/mol. The minimum Gasteiger partial charge on any atom is -0.462 e. The number of rotatable bonds is 8. The van der Waals surface area contributed by atoms with Gasteiger partial charge in [-0.2, -0.15) is 0 Å². The quantitative estimate of drug-likeness (QED) is 0.620. The summed E-state index contributed by atoms with van der Waals surface area (Å²) in [5.74, 6) is -1.21. The molecule has 0 spiro atoms. The summed E-state index contributed by atoms with van der Waals surface area (Å²) in [6.45, 7) is 10.8. The molecule has 2 rings (SSSR count). The van der Waals surface area contributed by atoms with E-state index in [4.69, 9.17) is 4.74 Å². The van der Waals surface area contributed by atoms with Crippen LogP contribution in [0.2, 0.25) is 0 Å². The number of benzene rings is 1. The van der Waals surface area contributed by atoms with Crippen LogP contribution >= 0.6 is 0 Å². The molecule has 0 fully saturated rings. The number of amides is 1. The van der Waals surface area contributed by atoms with Gasteiger partial charge in [0.2, 0.25) is 15.9 Å². The molecule has 1 aromatic carbocycles. The lowest BCUT2D eigenvalue weighted by atomic mass is 10.1. The maximum absolute atomic E-state index is 13.0. The minimum atomic E-state index is -4.13. The average molecular weight is 436 g/mol. The zero-order valence-corrected chi connectivity index (χ0v) is 19.1. The molecule has 1 aromatic heterocycles. The second-order valence-electron chi connectivity index (χ2n) is 7.09. The Labute approximate surface area is 177 Å². The van der Waals surface area contributed by atoms with E-state index in [1.54, 1.807) is 37.5 Å². The van der Waals surface area contributed by atoms with E-state index in [2.05, 4.69) is 10.0 Å². The molecule has 2 N–H and O–H groups in total. The van der Waals surface area contributed by atoms with Crippen molar-refractivity contribution in [3.8, 4) is 0 Å². The van der Waals surface area contributed by atoms with Crippen molar-refractivity contribution in [3.63, 3.8) is 0 Å². The summed E-state index contributed by atoms with van der Waals surface area (Å²) in [4.78, 5) is 24.6. The van der Waals surface area contributed by atoms with Crippen molar-refractivity contribution >= 4 is 27.6 Å². The highest BCUT2D eigenvalue weighted by Crippen LogP contribution is 2.27. The fourth-order valence-electron chi connectivity index (χ4n) is 3.59. The maximum atomic E-state index is 13.0. The van der Waals surface area contributed by atoms with Crippen LogP contribution in [-0.4, -0.2) is 38.0 Å². The molecule has 8 nitrogen and oxygen atoms in total. The van der Waals surface area contributed by atoms with Crippen molar-refractivity contribution in [1.82, 2.24) is 9.29 Å². The lowest BCUT2D eigenvalue weighted by Crippen LogP contribution is -2.34. The second-order valence-corrected chi connectivity index (χ2v) is 8.79. The maximum Gasteiger partial charge on any atom is 0.341 e. The number of nitrogens with one attached hydrogen (secondary N) is 2. The Balaban J connectivity index is 2.28. The molecule has 9 heteroatoms. The number of carbonyl (C=O) groups is 2. The summed E-state index contributed by atoms with van der Waals surface area (Å²) in [6, 6.07) is 5.57. The standard InChI is InChI=1S/C21H29N3O5S/c1-7-24-15(5)19(21(26)29-8-2)20(16(24)6)30(27,28)22-12-18(25)23-17-10-13(3)9-14(4)11-17/h9-11,22H,7-8,12H2,1-6H3,(H,23,25). The van der Waals surface area contributed by atoms with Crippen molar-refractivity contribution in [2.75, 3.05) is 18.5 Å². The summed E-state index contributed by atoms with van der Waals surface area (Å²) in [6.07, 6.45) is 0. The lowest BCUT2D eigenvalue weighted by molar-refractivity contribution is -0.115. The van der Waals surface area contributed by atoms with Crippen LogP contribution in [0.3, 0.4) is 0 Å². The average Bonchev–Trinajstić information content (AvgIpc) is 2.90. The van der Waals surface area contributed by atoms with Gasteiger partial charge < -0.3 is 14.6 Å². The van der Waals surface area contributed by atoms with E-state index in [1.807, 2.05) is 26.8 Å². The fourth-order valence-corrected chi connectivity index (χ4v) is 5.05. The van der Waals surface area contributed by atoms with Gasteiger partial charge in [-0.05, 0) is 64.8 Å². The third kappa shape index (κ3) is 5.09. The topological polar surface area (TPSA) is 106 Å². The van der Waals surface area contributed by atoms with Gasteiger partial charge in [-0.1, -0.05) is 6.07 Å². The SMILES string of the molecule is CCOC(=O)c1c(S(=O)(=O)NCC(=O)Nc2cc(C)cc(C)c2)c(C)n(CC)c1C. The molecule has 0 aliphatic heterocycles. The highest BCUT2D eigenvalue weighted by molar-refractivity contribution is 7.89. The van der Waals surface area contributed by atoms with Crippen LogP contribution < -0.4 is 10.0 Å². The summed E-state index contributed by atoms with van der Waals surface area (Å²) in [5, 5.41) is 2.68. The molecule has 1 amide bonds. The predicted octanol–water partition coefficient (Wildman–Crippen LogP) is 2.84. The zero-order valence-electron chi connectivity index (χ0n) is 18.3. The Morgan fingerprint density at radius 2 is 1.60 bits per heavy atom. The Morgan fingerprint density at radius 3 is 2.13 bits per heavy atom. The van der Waals surface area contributed by atoms with E-state index >= 15 is 0 Å². The first-order valence-electron chi connectivity index (χ1n) is 9.76. The molecule has 1 heterocycles. The third-order valence-electron chi connectivity index (χ3n) is 4.72. The zero-order chi connectivity index (χ0) is 22.6. The molecule has 0 aliphatic rings. The monoisotopic (exact) mass is 435 g/mol. The van der Waals surface area contributed by atoms with Crippen molar-refractivity contribution < 1.29 is 22.7 Å². The molecule has 0 bridgehead atoms. The van der Waals surface area contributed by atoms with E-state index in [0.717, 1.165) is 11.1 Å². The Kier molecular flexibility index (Phi) is 7.44. The Morgan fingerprint density at radius 1 is 1.00 bits per heavy atom. The number of esters is 1. The third-order valence-corrected chi connectivity index (χ3v) is 6.28. The van der Waals surface area contributed by atoms with Crippen LogP contribution in [0.4, 0.5) is 5.69 Å². The second kappa shape index (κ2) is 9.44. The largest absolute Gasteiger partial charge is 0.462 e. The summed E-state index contributed by atoms with van der Waals surface area (Å²) in [5.41, 5.74) is 3.48. The van der Waals surface area contributed by atoms with Crippen molar-refractivity contribution in [1.29, 1.82) is 0 Å². The number of hydrogen-bond donors (Lipinski definition) is 2. The number of aryl methyl sites for hydroxylation is 2. The van der Waals surface area contributed by atoms with Crippen LogP contribution in [0.25, 0.3) is 0 Å². The number of carbonyl (C=O) groups excluding carboxylic acids is 2. The number of aromatic nitrogens is 1. The van der Waals surface area contributed by atoms with Crippen LogP contribution in [0.15, 0.2) is 23.1 Å². The van der Waals surface area contributed by atoms with E-state index in [0.29, 0.717) is 23.6 Å². The highest BCUT2D eigenvalue weighted by Gasteiger charge is 2.32. The molecule has 0 saturated heterocycles. The smallest absolute Gasteiger partial charge is 0.341 e. The molecule has 0 radical (unpaired) electrons. The van der Waals surface area contributed by atoms with Gasteiger partial charge in [0.25, 0.3) is 0 Å². The number of sulfonamides is 1. The molecule has 2 aromatic rings. The van der Waals surface area contributed by atoms with Crippen LogP contribution in [0.5, 0.6) is 0 Å². The Hall–Kier alpha value is -2.65. The number of nitrogens with zero attached hydrogens (tertiary/aromatic N) is 1. The van der Waals surface area contributed by atoms with Gasteiger partial charge in [-0.3, -0.25) is 4.79 Å². The first kappa shape index (κ1) is 23.6. The number of anilines is 1. The van der Waals surface area contributed by atoms with Crippen molar-refractivity contribution in [2.24, 2.45) is 0 Å². The molecule has 0 atom stereocenters. The van der Waals surface area contributed by atoms with Crippen LogP contribution in [0.1, 0.15) is 46.7 Å². The Bertz CT molecular complexity index is 1050. The fraction of sp³-hybridized carbons (Fsp3) is 0.429. The minimum absolute atomic E-state index is 0.00147. The molecule has 30 heavy (non-hydrogen) atoms. The van der Waals surface area contributed by atoms with Crippen molar-refractivity contribution in [3.05, 3.63) is 46.3 Å². The van der Waals surface area contributed by atoms with E-state index < -0.39 is 28.4 Å². The van der Waals surface area contributed by atoms with E-state index in [9.17, 15) is 18.0 Å². The van der Waals surface area contributed by atoms with Gasteiger partial charge in [0.05, 0.1) is 13.2 Å². The van der Waals surface area contributed by atoms with Gasteiger partial charge >= 0.3 is 5.97 Å².